The van der Waals surface area contributed by atoms with Crippen molar-refractivity contribution in [3.8, 4) is 0 Å². The molecule has 0 aliphatic heterocycles. The van der Waals surface area contributed by atoms with E-state index in [4.69, 9.17) is 5.73 Å². The first-order chi connectivity index (χ1) is 8.15. The molecule has 0 unspecified atom stereocenters. The van der Waals surface area contributed by atoms with Gasteiger partial charge in [-0.25, -0.2) is 0 Å². The zero-order chi connectivity index (χ0) is 12.7. The average Bonchev–Trinajstić information content (AvgIpc) is 2.70. The number of carbonyl (C=O) groups is 1. The molecule has 0 spiro atoms. The van der Waals surface area contributed by atoms with Crippen molar-refractivity contribution in [3.05, 3.63) is 17.5 Å². The van der Waals surface area contributed by atoms with Crippen molar-refractivity contribution in [2.45, 2.75) is 45.6 Å². The van der Waals surface area contributed by atoms with Crippen LogP contribution in [0.1, 0.15) is 37.4 Å². The van der Waals surface area contributed by atoms with Gasteiger partial charge in [0.25, 0.3) is 0 Å². The lowest BCUT2D eigenvalue weighted by Crippen LogP contribution is -2.40. The number of nitrogens with two attached hydrogens (primary N) is 1. The fourth-order valence-electron chi connectivity index (χ4n) is 1.69. The van der Waals surface area contributed by atoms with Crippen molar-refractivity contribution in [2.24, 2.45) is 5.73 Å². The van der Waals surface area contributed by atoms with Crippen LogP contribution in [0.3, 0.4) is 0 Å². The first-order valence-electron chi connectivity index (χ1n) is 6.17. The zero-order valence-electron chi connectivity index (χ0n) is 10.6. The van der Waals surface area contributed by atoms with Gasteiger partial charge in [0.05, 0.1) is 12.2 Å². The molecule has 1 aromatic heterocycles. The summed E-state index contributed by atoms with van der Waals surface area (Å²) in [4.78, 5) is 11.5. The van der Waals surface area contributed by atoms with Crippen LogP contribution in [0.5, 0.6) is 0 Å². The minimum Gasteiger partial charge on any atom is -0.355 e. The highest BCUT2D eigenvalue weighted by molar-refractivity contribution is 5.81. The van der Waals surface area contributed by atoms with Gasteiger partial charge < -0.3 is 11.1 Å². The second kappa shape index (κ2) is 7.06. The lowest BCUT2D eigenvalue weighted by atomic mass is 10.1. The minimum atomic E-state index is -0.365. The first kappa shape index (κ1) is 13.7. The summed E-state index contributed by atoms with van der Waals surface area (Å²) >= 11 is 0. The van der Waals surface area contributed by atoms with Crippen LogP contribution in [-0.2, 0) is 11.2 Å². The van der Waals surface area contributed by atoms with Crippen molar-refractivity contribution in [1.82, 2.24) is 15.5 Å². The second-order valence-electron chi connectivity index (χ2n) is 4.31. The molecule has 0 bridgehead atoms. The fourth-order valence-corrected chi connectivity index (χ4v) is 1.69. The molecule has 1 heterocycles. The largest absolute Gasteiger partial charge is 0.355 e. The highest BCUT2D eigenvalue weighted by atomic mass is 16.2. The van der Waals surface area contributed by atoms with E-state index in [0.717, 1.165) is 31.4 Å². The number of carbonyl (C=O) groups excluding carboxylic acids is 1. The minimum absolute atomic E-state index is 0.0456. The molecule has 1 aromatic rings. The van der Waals surface area contributed by atoms with Gasteiger partial charge in [-0.15, -0.1) is 0 Å². The molecule has 4 N–H and O–H groups in total. The Morgan fingerprint density at radius 2 is 2.41 bits per heavy atom. The Bertz CT molecular complexity index is 348. The molecular weight excluding hydrogens is 216 g/mol. The quantitative estimate of drug-likeness (QED) is 0.617. The van der Waals surface area contributed by atoms with E-state index in [9.17, 15) is 4.79 Å². The summed E-state index contributed by atoms with van der Waals surface area (Å²) in [6, 6.07) is -0.365. The summed E-state index contributed by atoms with van der Waals surface area (Å²) in [7, 11) is 0. The summed E-state index contributed by atoms with van der Waals surface area (Å²) in [6.45, 7) is 4.69. The first-order valence-corrected chi connectivity index (χ1v) is 6.17. The molecule has 0 saturated heterocycles. The van der Waals surface area contributed by atoms with Crippen LogP contribution in [0.25, 0.3) is 0 Å². The SMILES string of the molecule is CCC[C@H](N)C(=O)NCCCc1cn[nH]c1C. The van der Waals surface area contributed by atoms with E-state index in [-0.39, 0.29) is 11.9 Å². The van der Waals surface area contributed by atoms with E-state index in [1.54, 1.807) is 0 Å². The maximum atomic E-state index is 11.5. The summed E-state index contributed by atoms with van der Waals surface area (Å²) in [5.74, 6) is -0.0456. The summed E-state index contributed by atoms with van der Waals surface area (Å²) < 4.78 is 0. The topological polar surface area (TPSA) is 83.8 Å². The number of hydrogen-bond acceptors (Lipinski definition) is 3. The number of amides is 1. The normalized spacial score (nSPS) is 12.4. The van der Waals surface area contributed by atoms with Gasteiger partial charge in [-0.05, 0) is 31.7 Å². The van der Waals surface area contributed by atoms with Crippen LogP contribution in [0.15, 0.2) is 6.20 Å². The van der Waals surface area contributed by atoms with Gasteiger partial charge in [0.15, 0.2) is 0 Å². The van der Waals surface area contributed by atoms with Crippen molar-refractivity contribution in [3.63, 3.8) is 0 Å². The fraction of sp³-hybridized carbons (Fsp3) is 0.667. The van der Waals surface area contributed by atoms with Gasteiger partial charge in [-0.3, -0.25) is 9.89 Å². The molecular formula is C12H22N4O. The van der Waals surface area contributed by atoms with E-state index in [0.29, 0.717) is 6.54 Å². The molecule has 1 amide bonds. The third-order valence-electron chi connectivity index (χ3n) is 2.79. The maximum Gasteiger partial charge on any atom is 0.236 e. The Labute approximate surface area is 102 Å². The number of nitrogens with one attached hydrogen (secondary N) is 2. The number of nitrogens with zero attached hydrogens (tertiary/aromatic N) is 1. The van der Waals surface area contributed by atoms with Gasteiger partial charge in [0.2, 0.25) is 5.91 Å². The number of aromatic nitrogens is 2. The monoisotopic (exact) mass is 238 g/mol. The number of H-pyrrole nitrogens is 1. The molecule has 0 aliphatic carbocycles. The van der Waals surface area contributed by atoms with Crippen LogP contribution in [-0.4, -0.2) is 28.7 Å². The molecule has 0 aromatic carbocycles. The van der Waals surface area contributed by atoms with Crippen molar-refractivity contribution < 1.29 is 4.79 Å². The number of aryl methyl sites for hydroxylation is 2. The lowest BCUT2D eigenvalue weighted by molar-refractivity contribution is -0.122. The molecule has 1 atom stereocenters. The van der Waals surface area contributed by atoms with Crippen molar-refractivity contribution >= 4 is 5.91 Å². The van der Waals surface area contributed by atoms with E-state index in [1.165, 1.54) is 5.56 Å². The highest BCUT2D eigenvalue weighted by Crippen LogP contribution is 2.05. The molecule has 0 aliphatic rings. The van der Waals surface area contributed by atoms with Gasteiger partial charge in [-0.1, -0.05) is 13.3 Å². The van der Waals surface area contributed by atoms with E-state index >= 15 is 0 Å². The molecule has 5 nitrogen and oxygen atoms in total. The van der Waals surface area contributed by atoms with Crippen LogP contribution < -0.4 is 11.1 Å². The Morgan fingerprint density at radius 3 is 3.00 bits per heavy atom. The predicted molar refractivity (Wildman–Crippen MR) is 67.5 cm³/mol. The van der Waals surface area contributed by atoms with Crippen LogP contribution in [0, 0.1) is 6.92 Å². The standard InChI is InChI=1S/C12H22N4O/c1-3-5-11(13)12(17)14-7-4-6-10-8-15-16-9(10)2/h8,11H,3-7,13H2,1-2H3,(H,14,17)(H,15,16)/t11-/m0/s1. The van der Waals surface area contributed by atoms with E-state index < -0.39 is 0 Å². The predicted octanol–water partition coefficient (Wildman–Crippen LogP) is 0.894. The lowest BCUT2D eigenvalue weighted by Gasteiger charge is -2.10. The van der Waals surface area contributed by atoms with Gasteiger partial charge in [0, 0.05) is 12.2 Å². The molecule has 0 saturated carbocycles. The molecule has 96 valence electrons. The maximum absolute atomic E-state index is 11.5. The molecule has 5 heteroatoms. The summed E-state index contributed by atoms with van der Waals surface area (Å²) in [5, 5.41) is 9.71. The number of rotatable bonds is 7. The summed E-state index contributed by atoms with van der Waals surface area (Å²) in [6.07, 6.45) is 5.34. The van der Waals surface area contributed by atoms with E-state index in [2.05, 4.69) is 15.5 Å². The Kier molecular flexibility index (Phi) is 5.69. The Morgan fingerprint density at radius 1 is 1.65 bits per heavy atom. The molecule has 1 rings (SSSR count). The third kappa shape index (κ3) is 4.56. The van der Waals surface area contributed by atoms with Gasteiger partial charge in [0.1, 0.15) is 0 Å². The van der Waals surface area contributed by atoms with Gasteiger partial charge in [-0.2, -0.15) is 5.10 Å². The van der Waals surface area contributed by atoms with Crippen LogP contribution >= 0.6 is 0 Å². The highest BCUT2D eigenvalue weighted by Gasteiger charge is 2.10. The van der Waals surface area contributed by atoms with Crippen LogP contribution in [0.2, 0.25) is 0 Å². The van der Waals surface area contributed by atoms with Crippen molar-refractivity contribution in [2.75, 3.05) is 6.54 Å². The Balaban J connectivity index is 2.16. The average molecular weight is 238 g/mol. The van der Waals surface area contributed by atoms with Crippen molar-refractivity contribution in [1.29, 1.82) is 0 Å². The van der Waals surface area contributed by atoms with E-state index in [1.807, 2.05) is 20.0 Å². The third-order valence-corrected chi connectivity index (χ3v) is 2.79. The number of aromatic amines is 1. The molecule has 17 heavy (non-hydrogen) atoms. The van der Waals surface area contributed by atoms with Gasteiger partial charge >= 0.3 is 0 Å². The number of hydrogen-bond donors (Lipinski definition) is 3. The second-order valence-corrected chi connectivity index (χ2v) is 4.31. The summed E-state index contributed by atoms with van der Waals surface area (Å²) in [5.41, 5.74) is 8.00. The molecule has 0 radical (unpaired) electrons. The zero-order valence-corrected chi connectivity index (χ0v) is 10.6. The smallest absolute Gasteiger partial charge is 0.236 e. The Hall–Kier alpha value is -1.36. The molecule has 0 fully saturated rings. The van der Waals surface area contributed by atoms with Crippen LogP contribution in [0.4, 0.5) is 0 Å².